The van der Waals surface area contributed by atoms with Gasteiger partial charge in [-0.2, -0.15) is 8.78 Å². The molecule has 0 aliphatic heterocycles. The predicted molar refractivity (Wildman–Crippen MR) is 40.6 cm³/mol. The van der Waals surface area contributed by atoms with Gasteiger partial charge in [-0.25, -0.2) is 13.6 Å². The van der Waals surface area contributed by atoms with E-state index in [1.165, 1.54) is 0 Å². The van der Waals surface area contributed by atoms with Gasteiger partial charge in [-0.05, 0) is 0 Å². The lowest BCUT2D eigenvalue weighted by molar-refractivity contribution is -0.133. The molecule has 0 saturated carbocycles. The molecule has 0 saturated heterocycles. The molecule has 0 aliphatic rings. The molecule has 0 aliphatic carbocycles. The van der Waals surface area contributed by atoms with E-state index >= 15 is 0 Å². The van der Waals surface area contributed by atoms with Crippen LogP contribution >= 0.6 is 0 Å². The van der Waals surface area contributed by atoms with Crippen LogP contribution in [0.15, 0.2) is 12.2 Å². The Hall–Kier alpha value is -1.11. The summed E-state index contributed by atoms with van der Waals surface area (Å²) in [7, 11) is 0. The minimum atomic E-state index is -4.15. The molecule has 0 bridgehead atoms. The summed E-state index contributed by atoms with van der Waals surface area (Å²) in [6.45, 7) is 1.28. The third-order valence-electron chi connectivity index (χ3n) is 1.32. The number of hydrogen-bond donors (Lipinski definition) is 2. The van der Waals surface area contributed by atoms with E-state index in [-0.39, 0.29) is 5.57 Å². The highest BCUT2D eigenvalue weighted by Crippen LogP contribution is 2.21. The van der Waals surface area contributed by atoms with Crippen molar-refractivity contribution in [3.05, 3.63) is 12.2 Å². The van der Waals surface area contributed by atoms with E-state index in [0.29, 0.717) is 0 Å². The molecule has 2 N–H and O–H groups in total. The van der Waals surface area contributed by atoms with Crippen molar-refractivity contribution in [3.63, 3.8) is 0 Å². The van der Waals surface area contributed by atoms with Crippen LogP contribution in [0.2, 0.25) is 0 Å². The second-order valence-corrected chi connectivity index (χ2v) is 2.57. The summed E-state index contributed by atoms with van der Waals surface area (Å²) in [6, 6.07) is 0. The first-order valence-electron chi connectivity index (χ1n) is 3.55. The number of carboxylic acids is 1. The van der Waals surface area contributed by atoms with Crippen LogP contribution in [-0.2, 0) is 4.79 Å². The van der Waals surface area contributed by atoms with Crippen molar-refractivity contribution in [3.8, 4) is 0 Å². The number of carboxylic acid groups (broad SMARTS) is 1. The van der Waals surface area contributed by atoms with Crippen molar-refractivity contribution >= 4 is 5.97 Å². The van der Waals surface area contributed by atoms with Crippen LogP contribution in [0.5, 0.6) is 0 Å². The summed E-state index contributed by atoms with van der Waals surface area (Å²) in [6.07, 6.45) is -3.77. The monoisotopic (exact) mass is 215 g/mol. The maximum absolute atomic E-state index is 12.2. The highest BCUT2D eigenvalue weighted by molar-refractivity contribution is 5.86. The second kappa shape index (κ2) is 4.94. The lowest BCUT2D eigenvalue weighted by Crippen LogP contribution is -2.39. The zero-order valence-corrected chi connectivity index (χ0v) is 7.07. The highest BCUT2D eigenvalue weighted by atomic mass is 19.3. The van der Waals surface area contributed by atoms with E-state index in [2.05, 4.69) is 6.58 Å². The van der Waals surface area contributed by atoms with E-state index in [1.54, 1.807) is 0 Å². The fourth-order valence-corrected chi connectivity index (χ4v) is 0.533. The number of carbonyl (C=O) groups is 1. The summed E-state index contributed by atoms with van der Waals surface area (Å²) in [5.41, 5.74) is -0.366. The van der Waals surface area contributed by atoms with Crippen LogP contribution in [0.3, 0.4) is 0 Å². The molecule has 0 aromatic carbocycles. The third-order valence-corrected chi connectivity index (χ3v) is 1.32. The summed E-state index contributed by atoms with van der Waals surface area (Å²) in [5, 5.41) is 10.1. The smallest absolute Gasteiger partial charge is 0.332 e. The molecular weight excluding hydrogens is 206 g/mol. The second-order valence-electron chi connectivity index (χ2n) is 2.57. The number of nitrogens with one attached hydrogen (secondary N) is 1. The van der Waals surface area contributed by atoms with Gasteiger partial charge < -0.3 is 10.4 Å². The van der Waals surface area contributed by atoms with E-state index in [1.807, 2.05) is 5.32 Å². The zero-order valence-electron chi connectivity index (χ0n) is 7.07. The Labute approximate surface area is 77.4 Å². The average Bonchev–Trinajstić information content (AvgIpc) is 2.03. The number of halogens is 4. The number of aliphatic carboxylic acids is 1. The van der Waals surface area contributed by atoms with E-state index < -0.39 is 31.4 Å². The lowest BCUT2D eigenvalue weighted by atomic mass is 10.3. The molecule has 0 spiro atoms. The third kappa shape index (κ3) is 4.22. The number of alkyl halides is 4. The Morgan fingerprint density at radius 1 is 1.50 bits per heavy atom. The van der Waals surface area contributed by atoms with Gasteiger partial charge in [0.05, 0.1) is 6.54 Å². The Balaban J connectivity index is 3.85. The van der Waals surface area contributed by atoms with Gasteiger partial charge in [0.2, 0.25) is 0 Å². The van der Waals surface area contributed by atoms with E-state index in [0.717, 1.165) is 0 Å². The van der Waals surface area contributed by atoms with Crippen LogP contribution in [-0.4, -0.2) is 36.5 Å². The SMILES string of the molecule is C=C(CNCC(F)(F)C(F)F)C(=O)O. The van der Waals surface area contributed by atoms with Crippen molar-refractivity contribution in [1.29, 1.82) is 0 Å². The van der Waals surface area contributed by atoms with Crippen molar-refractivity contribution in [2.24, 2.45) is 0 Å². The summed E-state index contributed by atoms with van der Waals surface area (Å²) < 4.78 is 47.6. The average molecular weight is 215 g/mol. The van der Waals surface area contributed by atoms with Gasteiger partial charge >= 0.3 is 18.3 Å². The fourth-order valence-electron chi connectivity index (χ4n) is 0.533. The molecule has 3 nitrogen and oxygen atoms in total. The first-order valence-corrected chi connectivity index (χ1v) is 3.55. The van der Waals surface area contributed by atoms with Gasteiger partial charge in [0.25, 0.3) is 0 Å². The number of rotatable bonds is 6. The van der Waals surface area contributed by atoms with Crippen molar-refractivity contribution in [1.82, 2.24) is 5.32 Å². The first-order chi connectivity index (χ1) is 6.27. The molecule has 0 rings (SSSR count). The van der Waals surface area contributed by atoms with Gasteiger partial charge in [-0.3, -0.25) is 0 Å². The Morgan fingerprint density at radius 2 is 2.00 bits per heavy atom. The highest BCUT2D eigenvalue weighted by Gasteiger charge is 2.40. The summed E-state index contributed by atoms with van der Waals surface area (Å²) in [4.78, 5) is 10.1. The van der Waals surface area contributed by atoms with Gasteiger partial charge in [0, 0.05) is 12.1 Å². The topological polar surface area (TPSA) is 49.3 Å². The van der Waals surface area contributed by atoms with Crippen LogP contribution in [0, 0.1) is 0 Å². The fraction of sp³-hybridized carbons (Fsp3) is 0.571. The van der Waals surface area contributed by atoms with Crippen molar-refractivity contribution in [2.75, 3.05) is 13.1 Å². The zero-order chi connectivity index (χ0) is 11.4. The van der Waals surface area contributed by atoms with Gasteiger partial charge in [0.1, 0.15) is 0 Å². The minimum absolute atomic E-state index is 0.366. The Morgan fingerprint density at radius 3 is 2.36 bits per heavy atom. The van der Waals surface area contributed by atoms with Crippen molar-refractivity contribution in [2.45, 2.75) is 12.3 Å². The van der Waals surface area contributed by atoms with E-state index in [9.17, 15) is 22.4 Å². The summed E-state index contributed by atoms with van der Waals surface area (Å²) >= 11 is 0. The van der Waals surface area contributed by atoms with Gasteiger partial charge in [-0.1, -0.05) is 6.58 Å². The molecule has 0 radical (unpaired) electrons. The van der Waals surface area contributed by atoms with Crippen LogP contribution in [0.25, 0.3) is 0 Å². The largest absolute Gasteiger partial charge is 0.478 e. The molecule has 7 heteroatoms. The molecule has 0 amide bonds. The minimum Gasteiger partial charge on any atom is -0.478 e. The molecule has 0 heterocycles. The normalized spacial score (nSPS) is 11.8. The molecule has 14 heavy (non-hydrogen) atoms. The maximum atomic E-state index is 12.2. The number of hydrogen-bond acceptors (Lipinski definition) is 2. The van der Waals surface area contributed by atoms with Crippen molar-refractivity contribution < 1.29 is 27.5 Å². The Kier molecular flexibility index (Phi) is 4.55. The van der Waals surface area contributed by atoms with Crippen LogP contribution < -0.4 is 5.32 Å². The van der Waals surface area contributed by atoms with Gasteiger partial charge in [0.15, 0.2) is 0 Å². The Bertz CT molecular complexity index is 230. The molecule has 0 atom stereocenters. The standard InChI is InChI=1S/C7H9F4NO2/c1-4(5(13)14)2-12-3-7(10,11)6(8)9/h6,12H,1-3H2,(H,13,14). The van der Waals surface area contributed by atoms with Crippen LogP contribution in [0.4, 0.5) is 17.6 Å². The predicted octanol–water partition coefficient (Wildman–Crippen LogP) is 1.12. The quantitative estimate of drug-likeness (QED) is 0.515. The lowest BCUT2D eigenvalue weighted by Gasteiger charge is -2.15. The molecule has 0 unspecified atom stereocenters. The summed E-state index contributed by atoms with van der Waals surface area (Å²) in [5.74, 6) is -5.52. The molecule has 0 aromatic heterocycles. The maximum Gasteiger partial charge on any atom is 0.332 e. The molecule has 0 aromatic rings. The molecule has 0 fully saturated rings. The molecular formula is C7H9F4NO2. The van der Waals surface area contributed by atoms with Gasteiger partial charge in [-0.15, -0.1) is 0 Å². The molecule has 82 valence electrons. The first kappa shape index (κ1) is 12.9. The van der Waals surface area contributed by atoms with Crippen LogP contribution in [0.1, 0.15) is 0 Å². The van der Waals surface area contributed by atoms with E-state index in [4.69, 9.17) is 5.11 Å².